The number of anilines is 1. The van der Waals surface area contributed by atoms with Gasteiger partial charge in [0.2, 0.25) is 0 Å². The van der Waals surface area contributed by atoms with E-state index in [2.05, 4.69) is 38.6 Å². The molecule has 1 aromatic heterocycles. The molecule has 0 saturated carbocycles. The van der Waals surface area contributed by atoms with Gasteiger partial charge in [-0.1, -0.05) is 31.2 Å². The Labute approximate surface area is 152 Å². The highest BCUT2D eigenvalue weighted by atomic mass is 16.5. The number of amides is 1. The summed E-state index contributed by atoms with van der Waals surface area (Å²) in [5.41, 5.74) is 3.18. The van der Waals surface area contributed by atoms with E-state index in [0.29, 0.717) is 19.6 Å². The fraction of sp³-hybridized carbons (Fsp3) is 0.300. The van der Waals surface area contributed by atoms with Gasteiger partial charge in [0.05, 0.1) is 23.9 Å². The largest absolute Gasteiger partial charge is 0.477 e. The smallest absolute Gasteiger partial charge is 0.262 e. The molecule has 1 amide bonds. The molecule has 2 aromatic carbocycles. The molecule has 1 unspecified atom stereocenters. The van der Waals surface area contributed by atoms with Crippen LogP contribution in [0.1, 0.15) is 18.9 Å². The zero-order valence-electron chi connectivity index (χ0n) is 14.7. The van der Waals surface area contributed by atoms with Gasteiger partial charge >= 0.3 is 0 Å². The Morgan fingerprint density at radius 3 is 3.12 bits per heavy atom. The molecule has 1 aliphatic heterocycles. The molecule has 0 radical (unpaired) electrons. The summed E-state index contributed by atoms with van der Waals surface area (Å²) in [5, 5.41) is 11.1. The monoisotopic (exact) mass is 350 g/mol. The number of ether oxygens (including phenoxy) is 1. The Bertz CT molecular complexity index is 921. The molecule has 6 nitrogen and oxygen atoms in total. The van der Waals surface area contributed by atoms with Gasteiger partial charge < -0.3 is 15.0 Å². The lowest BCUT2D eigenvalue weighted by atomic mass is 10.1. The molecule has 0 spiro atoms. The summed E-state index contributed by atoms with van der Waals surface area (Å²) in [6.45, 7) is 3.92. The molecule has 1 aliphatic rings. The van der Waals surface area contributed by atoms with Crippen molar-refractivity contribution in [2.24, 2.45) is 0 Å². The molecule has 4 rings (SSSR count). The van der Waals surface area contributed by atoms with Crippen LogP contribution in [0, 0.1) is 0 Å². The number of fused-ring (bicyclic) bond motifs is 2. The zero-order chi connectivity index (χ0) is 17.9. The van der Waals surface area contributed by atoms with Crippen LogP contribution in [0.15, 0.2) is 48.7 Å². The van der Waals surface area contributed by atoms with Crippen molar-refractivity contribution in [2.45, 2.75) is 26.0 Å². The standard InChI is InChI=1S/C20H22N4O2/c1-2-9-21-20(25)19-13-24(17-5-3-4-6-18(17)26-19)12-14-7-8-15-11-22-23-16(15)10-14/h3-8,10-11,19H,2,9,12-13H2,1H3,(H,21,25)(H,22,23). The quantitative estimate of drug-likeness (QED) is 0.742. The van der Waals surface area contributed by atoms with Crippen molar-refractivity contribution in [3.05, 3.63) is 54.2 Å². The molecule has 134 valence electrons. The van der Waals surface area contributed by atoms with Crippen molar-refractivity contribution in [1.82, 2.24) is 15.5 Å². The molecular formula is C20H22N4O2. The van der Waals surface area contributed by atoms with Crippen LogP contribution in [0.3, 0.4) is 0 Å². The summed E-state index contributed by atoms with van der Waals surface area (Å²) < 4.78 is 5.95. The minimum absolute atomic E-state index is 0.0598. The number of carbonyl (C=O) groups excluding carboxylic acids is 1. The lowest BCUT2D eigenvalue weighted by Gasteiger charge is -2.35. The molecule has 3 aromatic rings. The van der Waals surface area contributed by atoms with Crippen molar-refractivity contribution in [3.63, 3.8) is 0 Å². The van der Waals surface area contributed by atoms with E-state index in [1.54, 1.807) is 0 Å². The number of benzene rings is 2. The van der Waals surface area contributed by atoms with Crippen LogP contribution in [0.5, 0.6) is 5.75 Å². The summed E-state index contributed by atoms with van der Waals surface area (Å²) in [6, 6.07) is 14.1. The summed E-state index contributed by atoms with van der Waals surface area (Å²) in [4.78, 5) is 14.6. The highest BCUT2D eigenvalue weighted by Gasteiger charge is 2.30. The van der Waals surface area contributed by atoms with Crippen LogP contribution < -0.4 is 15.0 Å². The maximum absolute atomic E-state index is 12.4. The number of aromatic amines is 1. The van der Waals surface area contributed by atoms with Crippen molar-refractivity contribution < 1.29 is 9.53 Å². The van der Waals surface area contributed by atoms with Gasteiger partial charge in [0.25, 0.3) is 5.91 Å². The first kappa shape index (κ1) is 16.4. The fourth-order valence-electron chi connectivity index (χ4n) is 3.26. The minimum atomic E-state index is -0.507. The van der Waals surface area contributed by atoms with Gasteiger partial charge in [-0.05, 0) is 30.2 Å². The Morgan fingerprint density at radius 2 is 2.23 bits per heavy atom. The molecular weight excluding hydrogens is 328 g/mol. The summed E-state index contributed by atoms with van der Waals surface area (Å²) >= 11 is 0. The molecule has 1 atom stereocenters. The molecule has 0 bridgehead atoms. The molecule has 0 fully saturated rings. The van der Waals surface area contributed by atoms with E-state index in [1.165, 1.54) is 0 Å². The van der Waals surface area contributed by atoms with Crippen LogP contribution in [-0.2, 0) is 11.3 Å². The SMILES string of the molecule is CCCNC(=O)C1CN(Cc2ccc3cn[nH]c3c2)c2ccccc2O1. The van der Waals surface area contributed by atoms with Crippen molar-refractivity contribution in [2.75, 3.05) is 18.0 Å². The van der Waals surface area contributed by atoms with Crippen LogP contribution in [-0.4, -0.2) is 35.3 Å². The van der Waals surface area contributed by atoms with Crippen LogP contribution in [0.25, 0.3) is 10.9 Å². The molecule has 0 aliphatic carbocycles. The molecule has 2 heterocycles. The van der Waals surface area contributed by atoms with E-state index in [0.717, 1.165) is 34.3 Å². The number of H-pyrrole nitrogens is 1. The van der Waals surface area contributed by atoms with Gasteiger partial charge in [0, 0.05) is 18.5 Å². The molecule has 26 heavy (non-hydrogen) atoms. The minimum Gasteiger partial charge on any atom is -0.477 e. The molecule has 6 heteroatoms. The van der Waals surface area contributed by atoms with Crippen molar-refractivity contribution >= 4 is 22.5 Å². The van der Waals surface area contributed by atoms with Gasteiger partial charge in [-0.15, -0.1) is 0 Å². The molecule has 0 saturated heterocycles. The van der Waals surface area contributed by atoms with E-state index in [4.69, 9.17) is 4.74 Å². The van der Waals surface area contributed by atoms with Gasteiger partial charge in [-0.25, -0.2) is 0 Å². The molecule has 2 N–H and O–H groups in total. The number of rotatable bonds is 5. The topological polar surface area (TPSA) is 70.2 Å². The van der Waals surface area contributed by atoms with Gasteiger partial charge in [0.1, 0.15) is 5.75 Å². The van der Waals surface area contributed by atoms with E-state index in [-0.39, 0.29) is 5.91 Å². The predicted molar refractivity (Wildman–Crippen MR) is 101 cm³/mol. The van der Waals surface area contributed by atoms with Crippen molar-refractivity contribution in [1.29, 1.82) is 0 Å². The van der Waals surface area contributed by atoms with Gasteiger partial charge in [0.15, 0.2) is 6.10 Å². The second-order valence-corrected chi connectivity index (χ2v) is 6.54. The van der Waals surface area contributed by atoms with Crippen LogP contribution >= 0.6 is 0 Å². The normalized spacial score (nSPS) is 16.2. The third kappa shape index (κ3) is 3.22. The average Bonchev–Trinajstić information content (AvgIpc) is 3.13. The number of para-hydroxylation sites is 2. The number of hydrogen-bond acceptors (Lipinski definition) is 4. The average molecular weight is 350 g/mol. The van der Waals surface area contributed by atoms with Gasteiger partial charge in [-0.2, -0.15) is 5.10 Å². The van der Waals surface area contributed by atoms with E-state index in [1.807, 2.05) is 37.4 Å². The number of nitrogens with one attached hydrogen (secondary N) is 2. The number of carbonyl (C=O) groups is 1. The maximum atomic E-state index is 12.4. The highest BCUT2D eigenvalue weighted by Crippen LogP contribution is 2.34. The maximum Gasteiger partial charge on any atom is 0.262 e. The first-order valence-electron chi connectivity index (χ1n) is 8.95. The second-order valence-electron chi connectivity index (χ2n) is 6.54. The Kier molecular flexibility index (Phi) is 4.48. The Hall–Kier alpha value is -3.02. The lowest BCUT2D eigenvalue weighted by molar-refractivity contribution is -0.127. The van der Waals surface area contributed by atoms with E-state index in [9.17, 15) is 4.79 Å². The Balaban J connectivity index is 1.59. The summed E-state index contributed by atoms with van der Waals surface area (Å²) in [7, 11) is 0. The Morgan fingerprint density at radius 1 is 1.35 bits per heavy atom. The van der Waals surface area contributed by atoms with Crippen LogP contribution in [0.2, 0.25) is 0 Å². The summed E-state index contributed by atoms with van der Waals surface area (Å²) in [5.74, 6) is 0.688. The second kappa shape index (κ2) is 7.07. The first-order valence-corrected chi connectivity index (χ1v) is 8.95. The van der Waals surface area contributed by atoms with Crippen molar-refractivity contribution in [3.8, 4) is 5.75 Å². The number of hydrogen-bond donors (Lipinski definition) is 2. The number of aromatic nitrogens is 2. The highest BCUT2D eigenvalue weighted by molar-refractivity contribution is 5.83. The third-order valence-corrected chi connectivity index (χ3v) is 4.58. The lowest BCUT2D eigenvalue weighted by Crippen LogP contribution is -2.48. The summed E-state index contributed by atoms with van der Waals surface area (Å²) in [6.07, 6.45) is 2.22. The van der Waals surface area contributed by atoms with E-state index >= 15 is 0 Å². The zero-order valence-corrected chi connectivity index (χ0v) is 14.7. The number of nitrogens with zero attached hydrogens (tertiary/aromatic N) is 2. The van der Waals surface area contributed by atoms with Gasteiger partial charge in [-0.3, -0.25) is 9.89 Å². The van der Waals surface area contributed by atoms with E-state index < -0.39 is 6.10 Å². The van der Waals surface area contributed by atoms with Crippen LogP contribution in [0.4, 0.5) is 5.69 Å². The third-order valence-electron chi connectivity index (χ3n) is 4.58. The first-order chi connectivity index (χ1) is 12.7. The fourth-order valence-corrected chi connectivity index (χ4v) is 3.26. The predicted octanol–water partition coefficient (Wildman–Crippen LogP) is 2.86.